The fourth-order valence-electron chi connectivity index (χ4n) is 4.86. The van der Waals surface area contributed by atoms with Crippen molar-refractivity contribution in [3.8, 4) is 0 Å². The molecule has 3 aliphatic rings. The van der Waals surface area contributed by atoms with Crippen LogP contribution >= 0.6 is 0 Å². The Bertz CT molecular complexity index is 873. The number of aliphatic hydroxyl groups excluding tert-OH is 1. The summed E-state index contributed by atoms with van der Waals surface area (Å²) < 4.78 is 23.0. The predicted octanol–water partition coefficient (Wildman–Crippen LogP) is 1.80. The lowest BCUT2D eigenvalue weighted by atomic mass is 9.75. The molecule has 2 N–H and O–H groups in total. The van der Waals surface area contributed by atoms with Crippen LogP contribution in [0.5, 0.6) is 0 Å². The summed E-state index contributed by atoms with van der Waals surface area (Å²) in [5.74, 6) is -5.93. The molecule has 0 amide bonds. The predicted molar refractivity (Wildman–Crippen MR) is 115 cm³/mol. The Hall–Kier alpha value is -2.23. The van der Waals surface area contributed by atoms with E-state index in [-0.39, 0.29) is 12.0 Å². The minimum absolute atomic E-state index is 0.00881. The van der Waals surface area contributed by atoms with Crippen molar-refractivity contribution in [2.75, 3.05) is 0 Å². The summed E-state index contributed by atoms with van der Waals surface area (Å²) in [6.07, 6.45) is -2.83. The van der Waals surface area contributed by atoms with Gasteiger partial charge in [-0.15, -0.1) is 0 Å². The van der Waals surface area contributed by atoms with Crippen molar-refractivity contribution in [1.82, 2.24) is 0 Å². The lowest BCUT2D eigenvalue weighted by Crippen LogP contribution is -2.58. The zero-order valence-electron chi connectivity index (χ0n) is 20.0. The van der Waals surface area contributed by atoms with Gasteiger partial charge >= 0.3 is 17.9 Å². The molecule has 33 heavy (non-hydrogen) atoms. The van der Waals surface area contributed by atoms with Crippen molar-refractivity contribution in [3.05, 3.63) is 23.8 Å². The zero-order valence-corrected chi connectivity index (χ0v) is 20.0. The van der Waals surface area contributed by atoms with Crippen LogP contribution in [0.1, 0.15) is 54.4 Å². The van der Waals surface area contributed by atoms with Crippen molar-refractivity contribution < 1.29 is 43.5 Å². The number of carbonyl (C=O) groups excluding carboxylic acids is 3. The van der Waals surface area contributed by atoms with E-state index < -0.39 is 71.5 Å². The molecular weight excluding hydrogens is 432 g/mol. The molecule has 9 nitrogen and oxygen atoms in total. The molecule has 0 aromatic carbocycles. The minimum atomic E-state index is -1.78. The first-order chi connectivity index (χ1) is 15.2. The van der Waals surface area contributed by atoms with Gasteiger partial charge in [-0.2, -0.15) is 0 Å². The van der Waals surface area contributed by atoms with Gasteiger partial charge in [-0.1, -0.05) is 33.4 Å². The number of rotatable bonds is 4. The Labute approximate surface area is 193 Å². The maximum Gasteiger partial charge on any atom is 0.334 e. The maximum atomic E-state index is 12.6. The summed E-state index contributed by atoms with van der Waals surface area (Å²) in [6.45, 7) is 13.6. The van der Waals surface area contributed by atoms with Gasteiger partial charge in [-0.3, -0.25) is 4.79 Å². The van der Waals surface area contributed by atoms with E-state index in [1.165, 1.54) is 6.92 Å². The highest BCUT2D eigenvalue weighted by Crippen LogP contribution is 2.50. The fourth-order valence-corrected chi connectivity index (χ4v) is 4.86. The van der Waals surface area contributed by atoms with Gasteiger partial charge in [0.1, 0.15) is 11.7 Å². The van der Waals surface area contributed by atoms with Crippen molar-refractivity contribution in [2.24, 2.45) is 17.8 Å². The molecule has 3 fully saturated rings. The molecule has 0 aromatic heterocycles. The van der Waals surface area contributed by atoms with E-state index in [2.05, 4.69) is 6.58 Å². The standard InChI is InChI=1S/C24H34O9/c1-8-12(4)21(27)31-19-17-16(14(6)22(28)30-17)18(25)24(33-20(26)11(2)3)13(5)9-15(32-24)10-23(19,7)29/h8,11,13,15-19,25,29H,6,9-10H2,1-5,7H3/t13-,15-,16+,17+,18-,19-,23+,24-/m0/s1. The van der Waals surface area contributed by atoms with Crippen LogP contribution in [0.15, 0.2) is 23.8 Å². The second-order valence-corrected chi connectivity index (χ2v) is 9.90. The molecule has 0 spiro atoms. The number of ether oxygens (including phenoxy) is 4. The number of esters is 3. The van der Waals surface area contributed by atoms with Gasteiger partial charge in [0.05, 0.1) is 17.9 Å². The summed E-state index contributed by atoms with van der Waals surface area (Å²) in [5, 5.41) is 23.0. The van der Waals surface area contributed by atoms with E-state index in [9.17, 15) is 24.6 Å². The van der Waals surface area contributed by atoms with Gasteiger partial charge < -0.3 is 29.2 Å². The third-order valence-electron chi connectivity index (χ3n) is 6.94. The molecule has 2 bridgehead atoms. The van der Waals surface area contributed by atoms with Gasteiger partial charge in [0.15, 0.2) is 12.2 Å². The third kappa shape index (κ3) is 4.34. The molecule has 8 atom stereocenters. The molecule has 9 heteroatoms. The van der Waals surface area contributed by atoms with E-state index in [0.29, 0.717) is 12.0 Å². The molecule has 3 saturated heterocycles. The summed E-state index contributed by atoms with van der Waals surface area (Å²) in [7, 11) is 0. The van der Waals surface area contributed by atoms with Crippen LogP contribution in [0.3, 0.4) is 0 Å². The maximum absolute atomic E-state index is 12.6. The van der Waals surface area contributed by atoms with Gasteiger partial charge in [0, 0.05) is 23.5 Å². The first-order valence-electron chi connectivity index (χ1n) is 11.3. The van der Waals surface area contributed by atoms with Gasteiger partial charge in [-0.05, 0) is 27.2 Å². The average Bonchev–Trinajstić information content (AvgIpc) is 3.19. The van der Waals surface area contributed by atoms with Crippen LogP contribution in [0.25, 0.3) is 0 Å². The highest BCUT2D eigenvalue weighted by Gasteiger charge is 2.65. The van der Waals surface area contributed by atoms with Crippen LogP contribution in [-0.2, 0) is 33.3 Å². The Kier molecular flexibility index (Phi) is 6.81. The van der Waals surface area contributed by atoms with Crippen molar-refractivity contribution in [2.45, 2.75) is 90.2 Å². The molecule has 3 aliphatic heterocycles. The number of aliphatic hydroxyl groups is 2. The van der Waals surface area contributed by atoms with Crippen molar-refractivity contribution >= 4 is 17.9 Å². The Balaban J connectivity index is 2.12. The van der Waals surface area contributed by atoms with Crippen LogP contribution in [-0.4, -0.2) is 63.9 Å². The molecule has 3 rings (SSSR count). The molecule has 0 radical (unpaired) electrons. The SMILES string of the molecule is C=C1C(=O)O[C@@H]2[C@@H]1[C@H](O)[C@]1(OC(=O)C(C)C)O[C@@H](C[C@@H]1C)C[C@@](C)(O)[C@H]2OC(=O)C(C)=CC. The Morgan fingerprint density at radius 3 is 2.55 bits per heavy atom. The van der Waals surface area contributed by atoms with Crippen LogP contribution < -0.4 is 0 Å². The van der Waals surface area contributed by atoms with Crippen LogP contribution in [0, 0.1) is 17.8 Å². The van der Waals surface area contributed by atoms with Gasteiger partial charge in [0.25, 0.3) is 0 Å². The molecule has 184 valence electrons. The fraction of sp³-hybridized carbons (Fsp3) is 0.708. The van der Waals surface area contributed by atoms with E-state index in [1.807, 2.05) is 0 Å². The van der Waals surface area contributed by atoms with E-state index >= 15 is 0 Å². The number of hydrogen-bond donors (Lipinski definition) is 2. The molecular formula is C24H34O9. The summed E-state index contributed by atoms with van der Waals surface area (Å²) in [5.41, 5.74) is -1.46. The summed E-state index contributed by atoms with van der Waals surface area (Å²) >= 11 is 0. The smallest absolute Gasteiger partial charge is 0.334 e. The molecule has 0 aliphatic carbocycles. The highest BCUT2D eigenvalue weighted by molar-refractivity contribution is 5.91. The second kappa shape index (κ2) is 8.85. The van der Waals surface area contributed by atoms with Gasteiger partial charge in [0.2, 0.25) is 5.79 Å². The Morgan fingerprint density at radius 1 is 1.33 bits per heavy atom. The monoisotopic (exact) mass is 466 g/mol. The van der Waals surface area contributed by atoms with E-state index in [1.54, 1.807) is 40.7 Å². The molecule has 0 unspecified atom stereocenters. The number of carbonyl (C=O) groups is 3. The topological polar surface area (TPSA) is 129 Å². The first-order valence-corrected chi connectivity index (χ1v) is 11.3. The average molecular weight is 467 g/mol. The van der Waals surface area contributed by atoms with Crippen molar-refractivity contribution in [1.29, 1.82) is 0 Å². The molecule has 3 heterocycles. The van der Waals surface area contributed by atoms with Crippen LogP contribution in [0.2, 0.25) is 0 Å². The Morgan fingerprint density at radius 2 is 1.97 bits per heavy atom. The highest BCUT2D eigenvalue weighted by atomic mass is 16.7. The largest absolute Gasteiger partial charge is 0.454 e. The molecule has 0 saturated carbocycles. The van der Waals surface area contributed by atoms with E-state index in [4.69, 9.17) is 18.9 Å². The second-order valence-electron chi connectivity index (χ2n) is 9.90. The van der Waals surface area contributed by atoms with Crippen LogP contribution in [0.4, 0.5) is 0 Å². The van der Waals surface area contributed by atoms with Crippen molar-refractivity contribution in [3.63, 3.8) is 0 Å². The lowest BCUT2D eigenvalue weighted by Gasteiger charge is -2.41. The molecule has 0 aromatic rings. The number of fused-ring (bicyclic) bond motifs is 3. The minimum Gasteiger partial charge on any atom is -0.454 e. The summed E-state index contributed by atoms with van der Waals surface area (Å²) in [6, 6.07) is 0. The van der Waals surface area contributed by atoms with E-state index in [0.717, 1.165) is 0 Å². The zero-order chi connectivity index (χ0) is 24.9. The lowest BCUT2D eigenvalue weighted by molar-refractivity contribution is -0.286. The van der Waals surface area contributed by atoms with Gasteiger partial charge in [-0.25, -0.2) is 9.59 Å². The number of hydrogen-bond acceptors (Lipinski definition) is 9. The third-order valence-corrected chi connectivity index (χ3v) is 6.94. The first kappa shape index (κ1) is 25.4. The number of allylic oxidation sites excluding steroid dienone is 1. The quantitative estimate of drug-likeness (QED) is 0.362. The summed E-state index contributed by atoms with van der Waals surface area (Å²) in [4.78, 5) is 37.7. The normalized spacial score (nSPS) is 41.1.